The molecule has 11 heteroatoms. The van der Waals surface area contributed by atoms with E-state index < -0.39 is 30.2 Å². The van der Waals surface area contributed by atoms with Crippen LogP contribution in [0.3, 0.4) is 0 Å². The lowest BCUT2D eigenvalue weighted by Gasteiger charge is -2.29. The zero-order chi connectivity index (χ0) is 23.8. The molecule has 2 amide bonds. The molecule has 0 N–H and O–H groups in total. The molecule has 0 fully saturated rings. The molecule has 1 atom stereocenters. The lowest BCUT2D eigenvalue weighted by atomic mass is 9.86. The van der Waals surface area contributed by atoms with Crippen molar-refractivity contribution in [2.24, 2.45) is 5.16 Å². The van der Waals surface area contributed by atoms with Crippen molar-refractivity contribution in [3.8, 4) is 0 Å². The van der Waals surface area contributed by atoms with Crippen LogP contribution in [0.15, 0.2) is 41.6 Å². The Morgan fingerprint density at radius 1 is 1.16 bits per heavy atom. The molecule has 32 heavy (non-hydrogen) atoms. The van der Waals surface area contributed by atoms with Gasteiger partial charge in [0.15, 0.2) is 0 Å². The fourth-order valence-electron chi connectivity index (χ4n) is 3.33. The number of hydrogen-bond acceptors (Lipinski definition) is 5. The molecule has 170 valence electrons. The Balaban J connectivity index is 1.94. The number of methoxy groups -OCH3 is 1. The molecule has 0 radical (unpaired) electrons. The molecule has 0 bridgehead atoms. The van der Waals surface area contributed by atoms with Crippen LogP contribution in [0.1, 0.15) is 33.5 Å². The van der Waals surface area contributed by atoms with Crippen molar-refractivity contribution in [2.45, 2.75) is 25.1 Å². The number of oxime groups is 1. The van der Waals surface area contributed by atoms with Crippen LogP contribution in [0, 0.1) is 6.92 Å². The van der Waals surface area contributed by atoms with E-state index in [2.05, 4.69) is 9.89 Å². The maximum Gasteiger partial charge on any atom is 0.435 e. The van der Waals surface area contributed by atoms with Gasteiger partial charge in [-0.1, -0.05) is 34.4 Å². The lowest BCUT2D eigenvalue weighted by molar-refractivity contribution is -0.275. The van der Waals surface area contributed by atoms with Crippen molar-refractivity contribution >= 4 is 40.9 Å². The van der Waals surface area contributed by atoms with E-state index in [9.17, 15) is 22.8 Å². The monoisotopic (exact) mass is 488 g/mol. The van der Waals surface area contributed by atoms with E-state index in [1.54, 1.807) is 6.92 Å². The molecule has 0 aromatic heterocycles. The van der Waals surface area contributed by atoms with Crippen LogP contribution in [0.5, 0.6) is 0 Å². The Hall–Kier alpha value is -2.78. The molecule has 0 saturated heterocycles. The predicted molar refractivity (Wildman–Crippen MR) is 112 cm³/mol. The van der Waals surface area contributed by atoms with Crippen LogP contribution >= 0.6 is 23.2 Å². The van der Waals surface area contributed by atoms with Gasteiger partial charge in [0.1, 0.15) is 0 Å². The predicted octanol–water partition coefficient (Wildman–Crippen LogP) is 5.72. The summed E-state index contributed by atoms with van der Waals surface area (Å²) in [5.41, 5.74) is -2.05. The zero-order valence-electron chi connectivity index (χ0n) is 17.1. The fourth-order valence-corrected chi connectivity index (χ4v) is 3.86. The van der Waals surface area contributed by atoms with E-state index in [0.29, 0.717) is 11.1 Å². The number of halogens is 5. The van der Waals surface area contributed by atoms with E-state index in [1.807, 2.05) is 0 Å². The highest BCUT2D eigenvalue weighted by Crippen LogP contribution is 2.49. The minimum absolute atomic E-state index is 0.0293. The van der Waals surface area contributed by atoms with Gasteiger partial charge >= 0.3 is 12.3 Å². The molecular weight excluding hydrogens is 472 g/mol. The highest BCUT2D eigenvalue weighted by atomic mass is 35.5. The van der Waals surface area contributed by atoms with Gasteiger partial charge in [-0.2, -0.15) is 13.2 Å². The summed E-state index contributed by atoms with van der Waals surface area (Å²) in [4.78, 5) is 29.8. The van der Waals surface area contributed by atoms with Crippen LogP contribution < -0.4 is 0 Å². The van der Waals surface area contributed by atoms with Gasteiger partial charge < -0.3 is 9.57 Å². The van der Waals surface area contributed by atoms with E-state index in [0.717, 1.165) is 24.1 Å². The van der Waals surface area contributed by atoms with Gasteiger partial charge in [0.2, 0.25) is 0 Å². The number of aryl methyl sites for hydroxylation is 1. The highest BCUT2D eigenvalue weighted by molar-refractivity contribution is 6.34. The van der Waals surface area contributed by atoms with Gasteiger partial charge in [-0.25, -0.2) is 9.69 Å². The molecule has 6 nitrogen and oxygen atoms in total. The summed E-state index contributed by atoms with van der Waals surface area (Å²) in [6.45, 7) is 1.59. The van der Waals surface area contributed by atoms with E-state index in [-0.39, 0.29) is 26.9 Å². The van der Waals surface area contributed by atoms with E-state index >= 15 is 0 Å². The smallest absolute Gasteiger partial charge is 0.435 e. The minimum Gasteiger partial charge on any atom is -0.452 e. The topological polar surface area (TPSA) is 68.2 Å². The number of ether oxygens (including phenoxy) is 1. The Morgan fingerprint density at radius 2 is 1.78 bits per heavy atom. The van der Waals surface area contributed by atoms with Crippen LogP contribution in [-0.4, -0.2) is 42.9 Å². The van der Waals surface area contributed by atoms with Crippen molar-refractivity contribution in [1.82, 2.24) is 4.90 Å². The van der Waals surface area contributed by atoms with Gasteiger partial charge in [-0.3, -0.25) is 4.79 Å². The summed E-state index contributed by atoms with van der Waals surface area (Å²) in [6, 6.07) is 7.92. The summed E-state index contributed by atoms with van der Waals surface area (Å²) < 4.78 is 46.9. The number of nitrogens with zero attached hydrogens (tertiary/aromatic N) is 2. The first-order valence-electron chi connectivity index (χ1n) is 9.15. The second kappa shape index (κ2) is 8.63. The number of amides is 2. The van der Waals surface area contributed by atoms with Crippen LogP contribution in [-0.2, 0) is 15.2 Å². The summed E-state index contributed by atoms with van der Waals surface area (Å²) in [7, 11) is 2.39. The second-order valence-corrected chi connectivity index (χ2v) is 8.03. The third-order valence-corrected chi connectivity index (χ3v) is 5.49. The first-order valence-corrected chi connectivity index (χ1v) is 9.90. The second-order valence-electron chi connectivity index (χ2n) is 7.15. The molecule has 1 aliphatic heterocycles. The SMILES string of the molecule is COC(=O)N(C)C(=O)c1ccc(C2=NOC(c3cc(Cl)cc(Cl)c3)(C(F)(F)F)C2)cc1C. The molecule has 1 unspecified atom stereocenters. The highest BCUT2D eigenvalue weighted by Gasteiger charge is 2.62. The first kappa shape index (κ1) is 23.9. The van der Waals surface area contributed by atoms with Crippen molar-refractivity contribution in [3.05, 3.63) is 68.7 Å². The van der Waals surface area contributed by atoms with E-state index in [4.69, 9.17) is 28.0 Å². The molecule has 2 aromatic carbocycles. The zero-order valence-corrected chi connectivity index (χ0v) is 18.6. The molecule has 1 heterocycles. The van der Waals surface area contributed by atoms with Crippen LogP contribution in [0.4, 0.5) is 18.0 Å². The van der Waals surface area contributed by atoms with Crippen molar-refractivity contribution < 1.29 is 32.3 Å². The largest absolute Gasteiger partial charge is 0.452 e. The number of carbonyl (C=O) groups excluding carboxylic acids is 2. The maximum atomic E-state index is 14.1. The quantitative estimate of drug-likeness (QED) is 0.553. The molecular formula is C21H17Cl2F3N2O4. The minimum atomic E-state index is -4.82. The average molecular weight is 489 g/mol. The molecule has 3 rings (SSSR count). The fraction of sp³-hybridized carbons (Fsp3) is 0.286. The Labute approximate surface area is 191 Å². The van der Waals surface area contributed by atoms with Crippen molar-refractivity contribution in [3.63, 3.8) is 0 Å². The van der Waals surface area contributed by atoms with Crippen molar-refractivity contribution in [2.75, 3.05) is 14.2 Å². The molecule has 0 saturated carbocycles. The van der Waals surface area contributed by atoms with Crippen molar-refractivity contribution in [1.29, 1.82) is 0 Å². The third-order valence-electron chi connectivity index (χ3n) is 5.06. The van der Waals surface area contributed by atoms with Gasteiger partial charge in [-0.05, 0) is 48.4 Å². The van der Waals surface area contributed by atoms with Gasteiger partial charge in [0, 0.05) is 34.6 Å². The molecule has 0 spiro atoms. The number of benzene rings is 2. The molecule has 1 aliphatic rings. The summed E-state index contributed by atoms with van der Waals surface area (Å²) in [5, 5.41) is 3.75. The number of carbonyl (C=O) groups is 2. The molecule has 0 aliphatic carbocycles. The lowest BCUT2D eigenvalue weighted by Crippen LogP contribution is -2.42. The Bertz CT molecular complexity index is 1100. The van der Waals surface area contributed by atoms with Crippen LogP contribution in [0.2, 0.25) is 10.0 Å². The van der Waals surface area contributed by atoms with Crippen LogP contribution in [0.25, 0.3) is 0 Å². The summed E-state index contributed by atoms with van der Waals surface area (Å²) in [6.07, 6.45) is -6.29. The number of rotatable bonds is 3. The van der Waals surface area contributed by atoms with Gasteiger partial charge in [0.25, 0.3) is 11.5 Å². The third kappa shape index (κ3) is 4.27. The average Bonchev–Trinajstić information content (AvgIpc) is 3.18. The number of hydrogen-bond donors (Lipinski definition) is 0. The van der Waals surface area contributed by atoms with E-state index in [1.165, 1.54) is 31.3 Å². The Kier molecular flexibility index (Phi) is 6.44. The number of imide groups is 1. The van der Waals surface area contributed by atoms with Gasteiger partial charge in [0.05, 0.1) is 12.8 Å². The number of alkyl halides is 3. The normalized spacial score (nSPS) is 18.1. The van der Waals surface area contributed by atoms with Gasteiger partial charge in [-0.15, -0.1) is 0 Å². The Morgan fingerprint density at radius 3 is 2.31 bits per heavy atom. The molecule has 2 aromatic rings. The standard InChI is InChI=1S/C21H17Cl2F3N2O4/c1-11-6-12(4-5-16(11)18(29)28(2)19(30)31-3)17-10-20(32-27-17,21(24,25)26)13-7-14(22)9-15(23)8-13/h4-9H,10H2,1-3H3. The first-order chi connectivity index (χ1) is 14.9. The summed E-state index contributed by atoms with van der Waals surface area (Å²) in [5.74, 6) is -0.622. The maximum absolute atomic E-state index is 14.1. The summed E-state index contributed by atoms with van der Waals surface area (Å²) >= 11 is 11.8.